The Kier molecular flexibility index (Phi) is 6.88. The van der Waals surface area contributed by atoms with Crippen molar-refractivity contribution in [2.45, 2.75) is 25.7 Å². The molecule has 0 aliphatic heterocycles. The minimum absolute atomic E-state index is 0.0338. The Morgan fingerprint density at radius 2 is 1.79 bits per heavy atom. The summed E-state index contributed by atoms with van der Waals surface area (Å²) >= 11 is 1.82. The summed E-state index contributed by atoms with van der Waals surface area (Å²) in [5.74, 6) is 1.00. The van der Waals surface area contributed by atoms with Crippen LogP contribution in [0.3, 0.4) is 0 Å². The standard InChI is InChI=1S/C20H26N2OS/c1-15-8-10-18(11-9-15)24-13-12-22(4)14-20(23)21-19-7-5-6-16(2)17(19)3/h5-11H,12-14H2,1-4H3,(H,21,23). The maximum Gasteiger partial charge on any atom is 0.238 e. The monoisotopic (exact) mass is 342 g/mol. The van der Waals surface area contributed by atoms with Gasteiger partial charge in [0.05, 0.1) is 6.54 Å². The zero-order valence-corrected chi connectivity index (χ0v) is 15.7. The second-order valence-electron chi connectivity index (χ2n) is 6.19. The molecule has 0 aromatic heterocycles. The van der Waals surface area contributed by atoms with E-state index in [0.29, 0.717) is 6.54 Å². The molecule has 1 amide bonds. The molecular formula is C20H26N2OS. The van der Waals surface area contributed by atoms with E-state index in [1.165, 1.54) is 16.0 Å². The first-order chi connectivity index (χ1) is 11.5. The van der Waals surface area contributed by atoms with E-state index in [1.54, 1.807) is 0 Å². The van der Waals surface area contributed by atoms with Crippen LogP contribution in [-0.2, 0) is 4.79 Å². The van der Waals surface area contributed by atoms with E-state index in [2.05, 4.69) is 54.4 Å². The summed E-state index contributed by atoms with van der Waals surface area (Å²) in [5, 5.41) is 3.01. The van der Waals surface area contributed by atoms with Gasteiger partial charge in [-0.15, -0.1) is 11.8 Å². The first kappa shape index (κ1) is 18.6. The smallest absolute Gasteiger partial charge is 0.238 e. The molecule has 1 N–H and O–H groups in total. The fourth-order valence-electron chi connectivity index (χ4n) is 2.35. The van der Waals surface area contributed by atoms with Crippen LogP contribution < -0.4 is 5.32 Å². The number of thioether (sulfide) groups is 1. The predicted molar refractivity (Wildman–Crippen MR) is 104 cm³/mol. The van der Waals surface area contributed by atoms with Gasteiger partial charge in [-0.1, -0.05) is 29.8 Å². The lowest BCUT2D eigenvalue weighted by Gasteiger charge is -2.17. The molecule has 0 unspecified atom stereocenters. The number of rotatable bonds is 7. The third-order valence-corrected chi connectivity index (χ3v) is 5.05. The van der Waals surface area contributed by atoms with Gasteiger partial charge in [-0.3, -0.25) is 9.69 Å². The summed E-state index contributed by atoms with van der Waals surface area (Å²) in [4.78, 5) is 15.5. The van der Waals surface area contributed by atoms with Crippen LogP contribution in [0.15, 0.2) is 47.4 Å². The molecule has 0 spiro atoms. The molecule has 2 aromatic carbocycles. The average Bonchev–Trinajstić information content (AvgIpc) is 2.53. The molecule has 0 aliphatic rings. The number of carbonyl (C=O) groups is 1. The van der Waals surface area contributed by atoms with E-state index in [1.807, 2.05) is 37.9 Å². The predicted octanol–water partition coefficient (Wildman–Crippen LogP) is 4.27. The highest BCUT2D eigenvalue weighted by Gasteiger charge is 2.09. The van der Waals surface area contributed by atoms with Crippen LogP contribution in [-0.4, -0.2) is 36.7 Å². The fourth-order valence-corrected chi connectivity index (χ4v) is 3.32. The molecule has 0 bridgehead atoms. The van der Waals surface area contributed by atoms with Crippen molar-refractivity contribution in [2.24, 2.45) is 0 Å². The second kappa shape index (κ2) is 8.90. The van der Waals surface area contributed by atoms with E-state index in [4.69, 9.17) is 0 Å². The van der Waals surface area contributed by atoms with Crippen molar-refractivity contribution in [3.8, 4) is 0 Å². The van der Waals surface area contributed by atoms with Gasteiger partial charge < -0.3 is 5.32 Å². The number of carbonyl (C=O) groups excluding carboxylic acids is 1. The molecule has 2 aromatic rings. The summed E-state index contributed by atoms with van der Waals surface area (Å²) in [6.07, 6.45) is 0. The van der Waals surface area contributed by atoms with Crippen LogP contribution in [0.1, 0.15) is 16.7 Å². The van der Waals surface area contributed by atoms with Crippen LogP contribution in [0.4, 0.5) is 5.69 Å². The summed E-state index contributed by atoms with van der Waals surface area (Å²) in [6, 6.07) is 14.5. The highest BCUT2D eigenvalue weighted by Crippen LogP contribution is 2.19. The highest BCUT2D eigenvalue weighted by molar-refractivity contribution is 7.99. The zero-order chi connectivity index (χ0) is 17.5. The minimum atomic E-state index is 0.0338. The van der Waals surface area contributed by atoms with Gasteiger partial charge in [0, 0.05) is 22.9 Å². The molecule has 0 atom stereocenters. The molecule has 0 saturated carbocycles. The van der Waals surface area contributed by atoms with Crippen molar-refractivity contribution in [3.05, 3.63) is 59.2 Å². The van der Waals surface area contributed by atoms with Gasteiger partial charge in [0.15, 0.2) is 0 Å². The minimum Gasteiger partial charge on any atom is -0.325 e. The summed E-state index contributed by atoms with van der Waals surface area (Å²) in [5.41, 5.74) is 4.50. The Labute approximate surface area is 149 Å². The van der Waals surface area contributed by atoms with Gasteiger partial charge in [-0.2, -0.15) is 0 Å². The number of anilines is 1. The Morgan fingerprint density at radius 1 is 1.08 bits per heavy atom. The summed E-state index contributed by atoms with van der Waals surface area (Å²) in [7, 11) is 1.98. The van der Waals surface area contributed by atoms with Crippen molar-refractivity contribution < 1.29 is 4.79 Å². The molecule has 3 nitrogen and oxygen atoms in total. The number of hydrogen-bond acceptors (Lipinski definition) is 3. The van der Waals surface area contributed by atoms with Crippen molar-refractivity contribution >= 4 is 23.4 Å². The lowest BCUT2D eigenvalue weighted by molar-refractivity contribution is -0.117. The zero-order valence-electron chi connectivity index (χ0n) is 14.9. The van der Waals surface area contributed by atoms with Crippen molar-refractivity contribution in [2.75, 3.05) is 31.2 Å². The van der Waals surface area contributed by atoms with Crippen LogP contribution in [0.2, 0.25) is 0 Å². The number of likely N-dealkylation sites (N-methyl/N-ethyl adjacent to an activating group) is 1. The number of nitrogens with zero attached hydrogens (tertiary/aromatic N) is 1. The lowest BCUT2D eigenvalue weighted by Crippen LogP contribution is -2.31. The second-order valence-corrected chi connectivity index (χ2v) is 7.36. The lowest BCUT2D eigenvalue weighted by atomic mass is 10.1. The fraction of sp³-hybridized carbons (Fsp3) is 0.350. The SMILES string of the molecule is Cc1ccc(SCCN(C)CC(=O)Nc2cccc(C)c2C)cc1. The maximum atomic E-state index is 12.2. The topological polar surface area (TPSA) is 32.3 Å². The Bertz CT molecular complexity index is 683. The first-order valence-corrected chi connectivity index (χ1v) is 9.18. The molecule has 0 aliphatic carbocycles. The largest absolute Gasteiger partial charge is 0.325 e. The summed E-state index contributed by atoms with van der Waals surface area (Å²) in [6.45, 7) is 7.46. The van der Waals surface area contributed by atoms with Crippen LogP contribution in [0, 0.1) is 20.8 Å². The molecular weight excluding hydrogens is 316 g/mol. The number of amides is 1. The van der Waals surface area contributed by atoms with Crippen molar-refractivity contribution in [1.29, 1.82) is 0 Å². The molecule has 0 heterocycles. The van der Waals surface area contributed by atoms with Gasteiger partial charge in [0.2, 0.25) is 5.91 Å². The number of nitrogens with one attached hydrogen (secondary N) is 1. The van der Waals surface area contributed by atoms with Gasteiger partial charge in [0.25, 0.3) is 0 Å². The third kappa shape index (κ3) is 5.69. The van der Waals surface area contributed by atoms with E-state index >= 15 is 0 Å². The average molecular weight is 343 g/mol. The third-order valence-electron chi connectivity index (χ3n) is 4.05. The van der Waals surface area contributed by atoms with E-state index in [-0.39, 0.29) is 5.91 Å². The number of hydrogen-bond donors (Lipinski definition) is 1. The molecule has 4 heteroatoms. The van der Waals surface area contributed by atoms with E-state index < -0.39 is 0 Å². The Balaban J connectivity index is 1.75. The van der Waals surface area contributed by atoms with E-state index in [0.717, 1.165) is 23.5 Å². The Morgan fingerprint density at radius 3 is 2.50 bits per heavy atom. The maximum absolute atomic E-state index is 12.2. The van der Waals surface area contributed by atoms with Gasteiger partial charge in [0.1, 0.15) is 0 Å². The van der Waals surface area contributed by atoms with Crippen LogP contribution in [0.25, 0.3) is 0 Å². The van der Waals surface area contributed by atoms with Gasteiger partial charge >= 0.3 is 0 Å². The summed E-state index contributed by atoms with van der Waals surface area (Å²) < 4.78 is 0. The van der Waals surface area contributed by atoms with Crippen molar-refractivity contribution in [3.63, 3.8) is 0 Å². The molecule has 0 saturated heterocycles. The normalized spacial score (nSPS) is 10.9. The molecule has 24 heavy (non-hydrogen) atoms. The van der Waals surface area contributed by atoms with Crippen LogP contribution >= 0.6 is 11.8 Å². The molecule has 2 rings (SSSR count). The van der Waals surface area contributed by atoms with Gasteiger partial charge in [-0.25, -0.2) is 0 Å². The first-order valence-electron chi connectivity index (χ1n) is 8.20. The van der Waals surface area contributed by atoms with Crippen LogP contribution in [0.5, 0.6) is 0 Å². The molecule has 128 valence electrons. The Hall–Kier alpha value is -1.78. The number of aryl methyl sites for hydroxylation is 2. The quantitative estimate of drug-likeness (QED) is 0.763. The molecule has 0 fully saturated rings. The highest BCUT2D eigenvalue weighted by atomic mass is 32.2. The number of benzene rings is 2. The van der Waals surface area contributed by atoms with E-state index in [9.17, 15) is 4.79 Å². The van der Waals surface area contributed by atoms with Crippen molar-refractivity contribution in [1.82, 2.24) is 4.90 Å². The van der Waals surface area contributed by atoms with Gasteiger partial charge in [-0.05, 0) is 57.1 Å². The molecule has 0 radical (unpaired) electrons.